The number of nitrogens with zero attached hydrogens (tertiary/aromatic N) is 4. The number of hydrogen-bond donors (Lipinski definition) is 2. The predicted octanol–water partition coefficient (Wildman–Crippen LogP) is 1.62. The Balaban J connectivity index is 1.79. The fourth-order valence-electron chi connectivity index (χ4n) is 1.76. The lowest BCUT2D eigenvalue weighted by Crippen LogP contribution is -2.13. The third-order valence-corrected chi connectivity index (χ3v) is 2.73. The molecule has 3 heterocycles. The molecule has 7 heteroatoms. The monoisotopic (exact) mass is 281 g/mol. The topological polar surface area (TPSA) is 92.9 Å². The average molecular weight is 281 g/mol. The van der Waals surface area contributed by atoms with Crippen molar-refractivity contribution in [3.63, 3.8) is 0 Å². The number of aromatic hydroxyl groups is 1. The molecule has 0 aliphatic carbocycles. The van der Waals surface area contributed by atoms with Crippen LogP contribution in [0.2, 0.25) is 0 Å². The van der Waals surface area contributed by atoms with Gasteiger partial charge in [0, 0.05) is 12.4 Å². The van der Waals surface area contributed by atoms with Gasteiger partial charge in [-0.3, -0.25) is 4.79 Å². The van der Waals surface area contributed by atoms with Gasteiger partial charge in [0.15, 0.2) is 11.5 Å². The molecule has 3 rings (SSSR count). The minimum absolute atomic E-state index is 0.0388. The zero-order valence-corrected chi connectivity index (χ0v) is 10.8. The third-order valence-electron chi connectivity index (χ3n) is 2.73. The number of aromatic nitrogens is 4. The van der Waals surface area contributed by atoms with E-state index < -0.39 is 5.91 Å². The van der Waals surface area contributed by atoms with Crippen LogP contribution in [0.15, 0.2) is 55.1 Å². The van der Waals surface area contributed by atoms with Gasteiger partial charge >= 0.3 is 0 Å². The van der Waals surface area contributed by atoms with Crippen molar-refractivity contribution >= 4 is 11.6 Å². The van der Waals surface area contributed by atoms with Crippen LogP contribution in [0.5, 0.6) is 5.75 Å². The van der Waals surface area contributed by atoms with Gasteiger partial charge in [-0.25, -0.2) is 14.6 Å². The molecule has 104 valence electrons. The van der Waals surface area contributed by atoms with E-state index in [0.29, 0.717) is 11.5 Å². The predicted molar refractivity (Wildman–Crippen MR) is 75.2 cm³/mol. The van der Waals surface area contributed by atoms with Crippen LogP contribution in [0.4, 0.5) is 5.69 Å². The molecule has 3 aromatic heterocycles. The minimum atomic E-state index is -0.506. The van der Waals surface area contributed by atoms with E-state index in [1.165, 1.54) is 23.1 Å². The third kappa shape index (κ3) is 2.71. The maximum Gasteiger partial charge on any atom is 0.278 e. The van der Waals surface area contributed by atoms with Gasteiger partial charge in [-0.2, -0.15) is 5.10 Å². The molecule has 0 aromatic carbocycles. The van der Waals surface area contributed by atoms with E-state index in [4.69, 9.17) is 0 Å². The van der Waals surface area contributed by atoms with Crippen LogP contribution in [0.1, 0.15) is 10.5 Å². The first kappa shape index (κ1) is 12.8. The molecular formula is C14H11N5O2. The van der Waals surface area contributed by atoms with Crippen LogP contribution >= 0.6 is 0 Å². The van der Waals surface area contributed by atoms with Gasteiger partial charge in [0.2, 0.25) is 0 Å². The number of carbonyl (C=O) groups is 1. The molecule has 2 N–H and O–H groups in total. The number of rotatable bonds is 3. The molecule has 21 heavy (non-hydrogen) atoms. The fraction of sp³-hybridized carbons (Fsp3) is 0. The molecule has 0 spiro atoms. The second-order valence-corrected chi connectivity index (χ2v) is 4.19. The van der Waals surface area contributed by atoms with Crippen molar-refractivity contribution in [2.45, 2.75) is 0 Å². The summed E-state index contributed by atoms with van der Waals surface area (Å²) >= 11 is 0. The zero-order valence-electron chi connectivity index (χ0n) is 10.8. The van der Waals surface area contributed by atoms with Gasteiger partial charge in [0.25, 0.3) is 5.91 Å². The highest BCUT2D eigenvalue weighted by atomic mass is 16.3. The standard InChI is InChI=1S/C14H11N5O2/c20-11-4-3-7-16-13(11)14(21)18-10-8-17-19(9-10)12-5-1-2-6-15-12/h1-9,20H,(H,18,21). The first-order chi connectivity index (χ1) is 10.2. The summed E-state index contributed by atoms with van der Waals surface area (Å²) in [4.78, 5) is 20.0. The van der Waals surface area contributed by atoms with Gasteiger partial charge < -0.3 is 10.4 Å². The van der Waals surface area contributed by atoms with Crippen LogP contribution < -0.4 is 5.32 Å². The highest BCUT2D eigenvalue weighted by Crippen LogP contribution is 2.15. The Bertz CT molecular complexity index is 770. The summed E-state index contributed by atoms with van der Waals surface area (Å²) in [6.45, 7) is 0. The number of nitrogens with one attached hydrogen (secondary N) is 1. The Labute approximate surface area is 119 Å². The summed E-state index contributed by atoms with van der Waals surface area (Å²) in [6.07, 6.45) is 6.21. The molecule has 3 aromatic rings. The van der Waals surface area contributed by atoms with E-state index in [1.807, 2.05) is 6.07 Å². The first-order valence-corrected chi connectivity index (χ1v) is 6.15. The number of carbonyl (C=O) groups excluding carboxylic acids is 1. The Morgan fingerprint density at radius 2 is 2.00 bits per heavy atom. The maximum absolute atomic E-state index is 12.0. The lowest BCUT2D eigenvalue weighted by molar-refractivity contribution is 0.101. The SMILES string of the molecule is O=C(Nc1cnn(-c2ccccn2)c1)c1ncccc1O. The Morgan fingerprint density at radius 3 is 2.76 bits per heavy atom. The highest BCUT2D eigenvalue weighted by molar-refractivity contribution is 6.04. The second kappa shape index (κ2) is 5.41. The van der Waals surface area contributed by atoms with Crippen molar-refractivity contribution in [2.24, 2.45) is 0 Å². The molecule has 1 amide bonds. The summed E-state index contributed by atoms with van der Waals surface area (Å²) in [5.41, 5.74) is 0.443. The molecule has 0 aliphatic rings. The first-order valence-electron chi connectivity index (χ1n) is 6.15. The number of amides is 1. The minimum Gasteiger partial charge on any atom is -0.505 e. The zero-order chi connectivity index (χ0) is 14.7. The summed E-state index contributed by atoms with van der Waals surface area (Å²) in [7, 11) is 0. The van der Waals surface area contributed by atoms with Crippen LogP contribution in [-0.4, -0.2) is 30.8 Å². The molecule has 0 saturated heterocycles. The molecule has 7 nitrogen and oxygen atoms in total. The van der Waals surface area contributed by atoms with Gasteiger partial charge in [0.05, 0.1) is 18.1 Å². The lowest BCUT2D eigenvalue weighted by atomic mass is 10.3. The number of pyridine rings is 2. The van der Waals surface area contributed by atoms with Crippen LogP contribution in [0, 0.1) is 0 Å². The molecule has 0 atom stereocenters. The molecule has 0 radical (unpaired) electrons. The number of anilines is 1. The van der Waals surface area contributed by atoms with Crippen molar-refractivity contribution in [3.8, 4) is 11.6 Å². The largest absolute Gasteiger partial charge is 0.505 e. The van der Waals surface area contributed by atoms with E-state index in [9.17, 15) is 9.90 Å². The second-order valence-electron chi connectivity index (χ2n) is 4.19. The van der Waals surface area contributed by atoms with Crippen molar-refractivity contribution in [3.05, 3.63) is 60.8 Å². The Morgan fingerprint density at radius 1 is 1.14 bits per heavy atom. The van der Waals surface area contributed by atoms with E-state index in [-0.39, 0.29) is 11.4 Å². The van der Waals surface area contributed by atoms with Crippen LogP contribution in [0.3, 0.4) is 0 Å². The summed E-state index contributed by atoms with van der Waals surface area (Å²) in [5, 5.41) is 16.3. The lowest BCUT2D eigenvalue weighted by Gasteiger charge is -2.03. The van der Waals surface area contributed by atoms with Crippen molar-refractivity contribution in [2.75, 3.05) is 5.32 Å². The Kier molecular flexibility index (Phi) is 3.30. The van der Waals surface area contributed by atoms with Gasteiger partial charge in [-0.1, -0.05) is 6.07 Å². The smallest absolute Gasteiger partial charge is 0.278 e. The van der Waals surface area contributed by atoms with Gasteiger partial charge in [0.1, 0.15) is 5.75 Å². The van der Waals surface area contributed by atoms with Crippen LogP contribution in [-0.2, 0) is 0 Å². The number of hydrogen-bond acceptors (Lipinski definition) is 5. The maximum atomic E-state index is 12.0. The summed E-state index contributed by atoms with van der Waals surface area (Å²) in [5.74, 6) is -0.0422. The van der Waals surface area contributed by atoms with Crippen molar-refractivity contribution in [1.82, 2.24) is 19.7 Å². The molecule has 0 saturated carbocycles. The molecular weight excluding hydrogens is 270 g/mol. The van der Waals surface area contributed by atoms with Gasteiger partial charge in [-0.15, -0.1) is 0 Å². The average Bonchev–Trinajstić information content (AvgIpc) is 2.97. The molecule has 0 unspecified atom stereocenters. The highest BCUT2D eigenvalue weighted by Gasteiger charge is 2.13. The fourth-order valence-corrected chi connectivity index (χ4v) is 1.76. The van der Waals surface area contributed by atoms with E-state index in [1.54, 1.807) is 30.6 Å². The van der Waals surface area contributed by atoms with E-state index in [0.717, 1.165) is 0 Å². The quantitative estimate of drug-likeness (QED) is 0.761. The van der Waals surface area contributed by atoms with Crippen molar-refractivity contribution < 1.29 is 9.90 Å². The molecule has 0 fully saturated rings. The van der Waals surface area contributed by atoms with Crippen molar-refractivity contribution in [1.29, 1.82) is 0 Å². The summed E-state index contributed by atoms with van der Waals surface area (Å²) in [6, 6.07) is 8.39. The molecule has 0 bridgehead atoms. The van der Waals surface area contributed by atoms with E-state index >= 15 is 0 Å². The Hall–Kier alpha value is -3.22. The molecule has 0 aliphatic heterocycles. The van der Waals surface area contributed by atoms with Crippen LogP contribution in [0.25, 0.3) is 5.82 Å². The van der Waals surface area contributed by atoms with E-state index in [2.05, 4.69) is 20.4 Å². The summed E-state index contributed by atoms with van der Waals surface area (Å²) < 4.78 is 1.54. The van der Waals surface area contributed by atoms with Gasteiger partial charge in [-0.05, 0) is 24.3 Å². The normalized spacial score (nSPS) is 10.3.